The molecular weight excluding hydrogens is 312 g/mol. The second kappa shape index (κ2) is 7.07. The summed E-state index contributed by atoms with van der Waals surface area (Å²) in [5.74, 6) is -0.0998. The van der Waals surface area contributed by atoms with E-state index in [2.05, 4.69) is 15.4 Å². The number of halogens is 1. The lowest BCUT2D eigenvalue weighted by atomic mass is 10.1. The number of amides is 1. The van der Waals surface area contributed by atoms with Crippen molar-refractivity contribution in [3.8, 4) is 5.69 Å². The summed E-state index contributed by atoms with van der Waals surface area (Å²) in [5, 5.41) is 7.66. The molecule has 3 rings (SSSR count). The Morgan fingerprint density at radius 1 is 1.17 bits per heavy atom. The zero-order valence-electron chi connectivity index (χ0n) is 12.3. The Balaban J connectivity index is 1.56. The lowest BCUT2D eigenvalue weighted by Crippen LogP contribution is -2.25. The molecule has 6 heteroatoms. The predicted molar refractivity (Wildman–Crippen MR) is 88.8 cm³/mol. The van der Waals surface area contributed by atoms with Gasteiger partial charge >= 0.3 is 0 Å². The van der Waals surface area contributed by atoms with Crippen molar-refractivity contribution in [2.24, 2.45) is 0 Å². The molecule has 0 aliphatic heterocycles. The minimum Gasteiger partial charge on any atom is -0.352 e. The fourth-order valence-corrected chi connectivity index (χ4v) is 2.43. The van der Waals surface area contributed by atoms with Gasteiger partial charge in [0.1, 0.15) is 12.7 Å². The van der Waals surface area contributed by atoms with Gasteiger partial charge in [0, 0.05) is 17.1 Å². The Hall–Kier alpha value is -2.66. The molecule has 116 valence electrons. The van der Waals surface area contributed by atoms with Crippen LogP contribution < -0.4 is 5.32 Å². The summed E-state index contributed by atoms with van der Waals surface area (Å²) in [6.45, 7) is 0.560. The van der Waals surface area contributed by atoms with Crippen LogP contribution in [0, 0.1) is 0 Å². The normalized spacial score (nSPS) is 10.5. The number of aromatic nitrogens is 3. The first-order valence-corrected chi connectivity index (χ1v) is 7.58. The van der Waals surface area contributed by atoms with E-state index in [1.165, 1.54) is 6.33 Å². The van der Waals surface area contributed by atoms with Crippen LogP contribution >= 0.6 is 11.6 Å². The van der Waals surface area contributed by atoms with Crippen molar-refractivity contribution < 1.29 is 4.79 Å². The van der Waals surface area contributed by atoms with Crippen LogP contribution in [0.5, 0.6) is 0 Å². The van der Waals surface area contributed by atoms with E-state index >= 15 is 0 Å². The van der Waals surface area contributed by atoms with Crippen molar-refractivity contribution >= 4 is 17.5 Å². The Labute approximate surface area is 138 Å². The second-order valence-corrected chi connectivity index (χ2v) is 5.46. The molecule has 0 aliphatic rings. The molecule has 0 spiro atoms. The van der Waals surface area contributed by atoms with Crippen LogP contribution in [0.25, 0.3) is 5.69 Å². The molecule has 0 bridgehead atoms. The van der Waals surface area contributed by atoms with Crippen LogP contribution in [0.3, 0.4) is 0 Å². The molecule has 5 nitrogen and oxygen atoms in total. The van der Waals surface area contributed by atoms with Gasteiger partial charge in [0.15, 0.2) is 0 Å². The minimum absolute atomic E-state index is 0.0998. The molecule has 23 heavy (non-hydrogen) atoms. The number of hydrogen-bond acceptors (Lipinski definition) is 3. The SMILES string of the molecule is O=C(NCCc1cccc(Cl)c1)c1ccc(-n2cncn2)cc1. The zero-order chi connectivity index (χ0) is 16.1. The third kappa shape index (κ3) is 3.96. The molecule has 3 aromatic rings. The van der Waals surface area contributed by atoms with Gasteiger partial charge in [-0.2, -0.15) is 5.10 Å². The van der Waals surface area contributed by atoms with Crippen molar-refractivity contribution in [3.63, 3.8) is 0 Å². The molecule has 0 saturated carbocycles. The molecule has 0 aliphatic carbocycles. The van der Waals surface area contributed by atoms with Crippen LogP contribution in [0.2, 0.25) is 5.02 Å². The fourth-order valence-electron chi connectivity index (χ4n) is 2.22. The van der Waals surface area contributed by atoms with Gasteiger partial charge in [-0.1, -0.05) is 23.7 Å². The van der Waals surface area contributed by atoms with Crippen LogP contribution in [0.15, 0.2) is 61.2 Å². The number of rotatable bonds is 5. The highest BCUT2D eigenvalue weighted by atomic mass is 35.5. The summed E-state index contributed by atoms with van der Waals surface area (Å²) in [7, 11) is 0. The Bertz CT molecular complexity index is 785. The van der Waals surface area contributed by atoms with Gasteiger partial charge in [-0.3, -0.25) is 4.79 Å². The van der Waals surface area contributed by atoms with Gasteiger partial charge in [-0.15, -0.1) is 0 Å². The van der Waals surface area contributed by atoms with Crippen molar-refractivity contribution in [1.82, 2.24) is 20.1 Å². The summed E-state index contributed by atoms with van der Waals surface area (Å²) in [5.41, 5.74) is 2.57. The van der Waals surface area contributed by atoms with Crippen molar-refractivity contribution in [2.75, 3.05) is 6.54 Å². The zero-order valence-corrected chi connectivity index (χ0v) is 13.1. The highest BCUT2D eigenvalue weighted by Gasteiger charge is 2.06. The third-order valence-electron chi connectivity index (χ3n) is 3.40. The number of benzene rings is 2. The van der Waals surface area contributed by atoms with Crippen molar-refractivity contribution in [2.45, 2.75) is 6.42 Å². The number of nitrogens with one attached hydrogen (secondary N) is 1. The number of nitrogens with zero attached hydrogens (tertiary/aromatic N) is 3. The van der Waals surface area contributed by atoms with E-state index in [4.69, 9.17) is 11.6 Å². The van der Waals surface area contributed by atoms with E-state index < -0.39 is 0 Å². The molecule has 1 N–H and O–H groups in total. The standard InChI is InChI=1S/C17H15ClN4O/c18-15-3-1-2-13(10-15)8-9-20-17(23)14-4-6-16(7-5-14)22-12-19-11-21-22/h1-7,10-12H,8-9H2,(H,20,23). The van der Waals surface area contributed by atoms with Crippen molar-refractivity contribution in [3.05, 3.63) is 77.3 Å². The van der Waals surface area contributed by atoms with Gasteiger partial charge in [0.05, 0.1) is 5.69 Å². The lowest BCUT2D eigenvalue weighted by Gasteiger charge is -2.07. The first-order chi connectivity index (χ1) is 11.2. The smallest absolute Gasteiger partial charge is 0.251 e. The van der Waals surface area contributed by atoms with Crippen LogP contribution in [-0.4, -0.2) is 27.2 Å². The van der Waals surface area contributed by atoms with Crippen LogP contribution in [0.1, 0.15) is 15.9 Å². The molecular formula is C17H15ClN4O. The van der Waals surface area contributed by atoms with Gasteiger partial charge in [0.25, 0.3) is 5.91 Å². The van der Waals surface area contributed by atoms with Gasteiger partial charge in [0.2, 0.25) is 0 Å². The van der Waals surface area contributed by atoms with E-state index in [-0.39, 0.29) is 5.91 Å². The Morgan fingerprint density at radius 2 is 2.00 bits per heavy atom. The summed E-state index contributed by atoms with van der Waals surface area (Å²) in [6, 6.07) is 14.8. The van der Waals surface area contributed by atoms with Gasteiger partial charge < -0.3 is 5.32 Å². The van der Waals surface area contributed by atoms with E-state index in [0.29, 0.717) is 17.1 Å². The van der Waals surface area contributed by atoms with E-state index in [1.807, 2.05) is 36.4 Å². The predicted octanol–water partition coefficient (Wildman–Crippen LogP) is 2.89. The third-order valence-corrected chi connectivity index (χ3v) is 3.64. The summed E-state index contributed by atoms with van der Waals surface area (Å²) in [6.07, 6.45) is 3.82. The molecule has 0 fully saturated rings. The van der Waals surface area contributed by atoms with Crippen molar-refractivity contribution in [1.29, 1.82) is 0 Å². The highest BCUT2D eigenvalue weighted by Crippen LogP contribution is 2.11. The number of hydrogen-bond donors (Lipinski definition) is 1. The van der Waals surface area contributed by atoms with Gasteiger partial charge in [-0.05, 0) is 48.4 Å². The highest BCUT2D eigenvalue weighted by molar-refractivity contribution is 6.30. The molecule has 1 aromatic heterocycles. The summed E-state index contributed by atoms with van der Waals surface area (Å²) in [4.78, 5) is 16.0. The van der Waals surface area contributed by atoms with Crippen LogP contribution in [0.4, 0.5) is 0 Å². The van der Waals surface area contributed by atoms with E-state index in [9.17, 15) is 4.79 Å². The summed E-state index contributed by atoms with van der Waals surface area (Å²) < 4.78 is 1.64. The van der Waals surface area contributed by atoms with Crippen LogP contribution in [-0.2, 0) is 6.42 Å². The molecule has 1 heterocycles. The number of carbonyl (C=O) groups excluding carboxylic acids is 1. The molecule has 0 atom stereocenters. The fraction of sp³-hybridized carbons (Fsp3) is 0.118. The maximum atomic E-state index is 12.1. The molecule has 1 amide bonds. The van der Waals surface area contributed by atoms with Gasteiger partial charge in [-0.25, -0.2) is 9.67 Å². The minimum atomic E-state index is -0.0998. The molecule has 2 aromatic carbocycles. The largest absolute Gasteiger partial charge is 0.352 e. The quantitative estimate of drug-likeness (QED) is 0.784. The number of carbonyl (C=O) groups is 1. The monoisotopic (exact) mass is 326 g/mol. The average Bonchev–Trinajstić information content (AvgIpc) is 3.09. The Morgan fingerprint density at radius 3 is 2.70 bits per heavy atom. The van der Waals surface area contributed by atoms with E-state index in [0.717, 1.165) is 17.7 Å². The maximum Gasteiger partial charge on any atom is 0.251 e. The first-order valence-electron chi connectivity index (χ1n) is 7.20. The average molecular weight is 327 g/mol. The lowest BCUT2D eigenvalue weighted by molar-refractivity contribution is 0.0954. The molecule has 0 saturated heterocycles. The maximum absolute atomic E-state index is 12.1. The molecule has 0 radical (unpaired) electrons. The first kappa shape index (κ1) is 15.2. The van der Waals surface area contributed by atoms with E-state index in [1.54, 1.807) is 23.1 Å². The Kier molecular flexibility index (Phi) is 4.68. The summed E-state index contributed by atoms with van der Waals surface area (Å²) >= 11 is 5.94. The second-order valence-electron chi connectivity index (χ2n) is 5.02. The molecule has 0 unspecified atom stereocenters. The topological polar surface area (TPSA) is 59.8 Å².